The third kappa shape index (κ3) is 5.66. The number of nitrogens with one attached hydrogen (secondary N) is 1. The number of ether oxygens (including phenoxy) is 1. The monoisotopic (exact) mass is 719 g/mol. The van der Waals surface area contributed by atoms with Crippen LogP contribution in [0.3, 0.4) is 0 Å². The molecule has 2 spiro atoms. The summed E-state index contributed by atoms with van der Waals surface area (Å²) in [6.45, 7) is 11.1. The maximum absolute atomic E-state index is 12.5. The van der Waals surface area contributed by atoms with E-state index in [1.165, 1.54) is 6.42 Å². The van der Waals surface area contributed by atoms with Crippen LogP contribution >= 0.6 is 0 Å². The minimum absolute atomic E-state index is 0. The van der Waals surface area contributed by atoms with Gasteiger partial charge < -0.3 is 15.3 Å². The normalized spacial score (nSPS) is 44.3. The molecule has 1 N–H and O–H groups in total. The molecule has 0 bridgehead atoms. The SMILES string of the molecule is CC(=O)O[C@H]1CC2C(C3CCC(C(C)CCC([NH-])=O)[C@]31C)[C@H](C)C[C@@H]1CC3(CC[C@]21C)OOC1(CCCCC1)OO3.[Pm]. The van der Waals surface area contributed by atoms with E-state index in [4.69, 9.17) is 30.0 Å². The molecule has 42 heavy (non-hydrogen) atoms. The molecule has 1 saturated heterocycles. The fourth-order valence-corrected chi connectivity index (χ4v) is 11.2. The van der Waals surface area contributed by atoms with Gasteiger partial charge in [-0.3, -0.25) is 4.79 Å². The van der Waals surface area contributed by atoms with Crippen LogP contribution in [-0.4, -0.2) is 29.6 Å². The van der Waals surface area contributed by atoms with Crippen LogP contribution in [0.2, 0.25) is 0 Å². The molecule has 8 nitrogen and oxygen atoms in total. The Hall–Kier alpha value is 0.118. The molecule has 1 aliphatic heterocycles. The van der Waals surface area contributed by atoms with Crippen LogP contribution in [0.1, 0.15) is 125 Å². The van der Waals surface area contributed by atoms with Crippen molar-refractivity contribution < 1.29 is 74.3 Å². The third-order valence-corrected chi connectivity index (χ3v) is 13.3. The van der Waals surface area contributed by atoms with Gasteiger partial charge in [0, 0.05) is 84.3 Å². The summed E-state index contributed by atoms with van der Waals surface area (Å²) < 4.78 is 6.26. The summed E-state index contributed by atoms with van der Waals surface area (Å²) in [5, 5.41) is 0. The van der Waals surface area contributed by atoms with Crippen molar-refractivity contribution in [2.75, 3.05) is 0 Å². The first-order valence-corrected chi connectivity index (χ1v) is 16.6. The average molecular weight is 720 g/mol. The van der Waals surface area contributed by atoms with Gasteiger partial charge in [-0.1, -0.05) is 34.1 Å². The molecule has 0 aromatic carbocycles. The van der Waals surface area contributed by atoms with E-state index in [0.29, 0.717) is 47.8 Å². The van der Waals surface area contributed by atoms with Crippen molar-refractivity contribution in [1.82, 2.24) is 0 Å². The maximum Gasteiger partial charge on any atom is 0.302 e. The minimum Gasteiger partial charge on any atom is -0.668 e. The number of amides is 1. The van der Waals surface area contributed by atoms with Crippen molar-refractivity contribution in [3.05, 3.63) is 5.73 Å². The zero-order valence-corrected chi connectivity index (χ0v) is 29.2. The number of carbonyl (C=O) groups is 2. The summed E-state index contributed by atoms with van der Waals surface area (Å²) in [6, 6.07) is 0. The Labute approximate surface area is 284 Å². The van der Waals surface area contributed by atoms with Gasteiger partial charge in [0.15, 0.2) is 0 Å². The van der Waals surface area contributed by atoms with E-state index in [0.717, 1.165) is 77.0 Å². The largest absolute Gasteiger partial charge is 0.668 e. The van der Waals surface area contributed by atoms with Crippen LogP contribution in [0.4, 0.5) is 0 Å². The van der Waals surface area contributed by atoms with Gasteiger partial charge in [0.2, 0.25) is 11.6 Å². The summed E-state index contributed by atoms with van der Waals surface area (Å²) in [4.78, 5) is 48.3. The van der Waals surface area contributed by atoms with Gasteiger partial charge in [-0.25, -0.2) is 0 Å². The van der Waals surface area contributed by atoms with Gasteiger partial charge in [0.1, 0.15) is 6.10 Å². The Bertz CT molecular complexity index is 1010. The van der Waals surface area contributed by atoms with Crippen LogP contribution < -0.4 is 0 Å². The van der Waals surface area contributed by atoms with E-state index in [9.17, 15) is 9.59 Å². The average Bonchev–Trinajstić information content (AvgIpc) is 3.29. The standard InChI is InChI=1S/C33H53NO7.Pm/c1-20(9-12-28(34)36)24-10-11-25-29-21(2)17-23-19-33(40-38-32(39-41-33)13-7-6-8-14-32)16-15-30(23,4)26(29)18-27(31(24,25)5)37-22(3)35;/h20-21,23-27,29H,6-19H2,1-5H3,(H2,34,36);/p-1/t20?,21-,23-,24?,25?,26?,27+,29?,30+,31-;/m1./s1. The summed E-state index contributed by atoms with van der Waals surface area (Å²) in [7, 11) is 0. The Balaban J connectivity index is 0.00000353. The van der Waals surface area contributed by atoms with Crippen LogP contribution in [0.5, 0.6) is 0 Å². The number of hydrogen-bond donors (Lipinski definition) is 0. The van der Waals surface area contributed by atoms with Crippen molar-refractivity contribution in [3.63, 3.8) is 0 Å². The predicted octanol–water partition coefficient (Wildman–Crippen LogP) is 7.69. The smallest absolute Gasteiger partial charge is 0.302 e. The summed E-state index contributed by atoms with van der Waals surface area (Å²) in [5.41, 5.74) is 7.42. The minimum atomic E-state index is -0.846. The van der Waals surface area contributed by atoms with Gasteiger partial charge in [-0.05, 0) is 105 Å². The molecule has 237 valence electrons. The van der Waals surface area contributed by atoms with Crippen molar-refractivity contribution >= 4 is 11.9 Å². The van der Waals surface area contributed by atoms with E-state index < -0.39 is 17.5 Å². The van der Waals surface area contributed by atoms with E-state index in [2.05, 4.69) is 27.7 Å². The Morgan fingerprint density at radius 2 is 1.60 bits per heavy atom. The number of fused-ring (bicyclic) bond motifs is 5. The van der Waals surface area contributed by atoms with Crippen LogP contribution in [0, 0.1) is 92.6 Å². The Kier molecular flexibility index (Phi) is 9.87. The summed E-state index contributed by atoms with van der Waals surface area (Å²) in [5.74, 6) is 0.876. The molecule has 1 amide bonds. The van der Waals surface area contributed by atoms with Gasteiger partial charge in [-0.2, -0.15) is 19.6 Å². The summed E-state index contributed by atoms with van der Waals surface area (Å²) >= 11 is 0. The first kappa shape index (κ1) is 33.5. The maximum atomic E-state index is 12.5. The second-order valence-corrected chi connectivity index (χ2v) is 15.4. The topological polar surface area (TPSA) is 104 Å². The number of rotatable bonds is 5. The molecule has 6 fully saturated rings. The van der Waals surface area contributed by atoms with Gasteiger partial charge >= 0.3 is 5.97 Å². The van der Waals surface area contributed by atoms with Crippen molar-refractivity contribution in [2.45, 2.75) is 142 Å². The molecule has 10 atom stereocenters. The fraction of sp³-hybridized carbons (Fsp3) is 0.939. The number of hydrogen-bond acceptors (Lipinski definition) is 7. The predicted molar refractivity (Wildman–Crippen MR) is 151 cm³/mol. The summed E-state index contributed by atoms with van der Waals surface area (Å²) in [6.07, 6.45) is 12.5. The zero-order valence-electron chi connectivity index (χ0n) is 26.3. The Morgan fingerprint density at radius 1 is 0.929 bits per heavy atom. The second-order valence-electron chi connectivity index (χ2n) is 15.4. The first-order chi connectivity index (χ1) is 19.4. The van der Waals surface area contributed by atoms with Gasteiger partial charge in [0.05, 0.1) is 0 Å². The van der Waals surface area contributed by atoms with Crippen LogP contribution in [0.25, 0.3) is 5.73 Å². The van der Waals surface area contributed by atoms with E-state index in [-0.39, 0.29) is 63.3 Å². The number of esters is 1. The van der Waals surface area contributed by atoms with Gasteiger partial charge in [0.25, 0.3) is 0 Å². The molecular weight excluding hydrogens is 667 g/mol. The Morgan fingerprint density at radius 3 is 2.24 bits per heavy atom. The quantitative estimate of drug-likeness (QED) is 0.212. The molecule has 5 aliphatic carbocycles. The number of carbonyl (C=O) groups excluding carboxylic acids is 2. The fourth-order valence-electron chi connectivity index (χ4n) is 11.2. The molecule has 1 radical (unpaired) electrons. The van der Waals surface area contributed by atoms with Crippen LogP contribution in [-0.2, 0) is 33.9 Å². The second kappa shape index (κ2) is 12.4. The van der Waals surface area contributed by atoms with E-state index >= 15 is 0 Å². The van der Waals surface area contributed by atoms with Crippen molar-refractivity contribution in [3.8, 4) is 0 Å². The molecule has 9 heteroatoms. The third-order valence-electron chi connectivity index (χ3n) is 13.3. The molecule has 6 aliphatic rings. The van der Waals surface area contributed by atoms with E-state index in [1.54, 1.807) is 6.92 Å². The van der Waals surface area contributed by atoms with Crippen molar-refractivity contribution in [1.29, 1.82) is 0 Å². The molecule has 1 heterocycles. The van der Waals surface area contributed by atoms with Crippen molar-refractivity contribution in [2.24, 2.45) is 52.3 Å². The van der Waals surface area contributed by atoms with E-state index in [1.807, 2.05) is 0 Å². The molecule has 0 aromatic rings. The molecule has 0 aromatic heterocycles. The molecule has 5 saturated carbocycles. The zero-order chi connectivity index (χ0) is 29.2. The molecular formula is C33H52NO7Pm-. The molecule has 5 unspecified atom stereocenters. The molecule has 6 rings (SSSR count). The van der Waals surface area contributed by atoms with Gasteiger partial charge in [-0.15, -0.1) is 0 Å². The van der Waals surface area contributed by atoms with Crippen LogP contribution in [0.15, 0.2) is 0 Å². The first-order valence-electron chi connectivity index (χ1n) is 16.6.